The Morgan fingerprint density at radius 2 is 1.86 bits per heavy atom. The molecule has 0 aromatic rings. The van der Waals surface area contributed by atoms with E-state index in [4.69, 9.17) is 0 Å². The molecular weight excluding hydrogens is 170 g/mol. The summed E-state index contributed by atoms with van der Waals surface area (Å²) >= 11 is 0. The van der Waals surface area contributed by atoms with E-state index in [1.54, 1.807) is 0 Å². The van der Waals surface area contributed by atoms with E-state index in [0.29, 0.717) is 6.04 Å². The molecule has 14 heavy (non-hydrogen) atoms. The molecule has 1 N–H and O–H groups in total. The van der Waals surface area contributed by atoms with Crippen LogP contribution in [0.15, 0.2) is 11.6 Å². The Balaban J connectivity index is 1.75. The van der Waals surface area contributed by atoms with E-state index in [0.717, 1.165) is 11.8 Å². The number of hydrogen-bond donors (Lipinski definition) is 1. The van der Waals surface area contributed by atoms with Gasteiger partial charge in [-0.05, 0) is 64.3 Å². The largest absolute Gasteiger partial charge is 0.317 e. The fraction of sp³-hybridized carbons (Fsp3) is 0.846. The second-order valence-electron chi connectivity index (χ2n) is 5.02. The van der Waals surface area contributed by atoms with Gasteiger partial charge in [0.2, 0.25) is 0 Å². The normalized spacial score (nSPS) is 23.3. The highest BCUT2D eigenvalue weighted by Crippen LogP contribution is 2.48. The summed E-state index contributed by atoms with van der Waals surface area (Å²) in [6.07, 6.45) is 11.0. The number of rotatable bonds is 6. The highest BCUT2D eigenvalue weighted by molar-refractivity contribution is 5.20. The third-order valence-corrected chi connectivity index (χ3v) is 3.57. The zero-order chi connectivity index (χ0) is 9.97. The van der Waals surface area contributed by atoms with Gasteiger partial charge in [0.15, 0.2) is 0 Å². The predicted molar refractivity (Wildman–Crippen MR) is 61.3 cm³/mol. The molecule has 1 nitrogen and oxygen atoms in total. The van der Waals surface area contributed by atoms with Gasteiger partial charge < -0.3 is 5.32 Å². The van der Waals surface area contributed by atoms with Crippen LogP contribution in [0.25, 0.3) is 0 Å². The standard InChI is InChI=1S/C13H23N/c1-10(14-2)4-3-5-13(11-6-7-11)12-8-9-12/h5,10-12,14H,3-4,6-9H2,1-2H3/t10-/m1/s1. The lowest BCUT2D eigenvalue weighted by Crippen LogP contribution is -2.20. The van der Waals surface area contributed by atoms with Crippen LogP contribution >= 0.6 is 0 Å². The first kappa shape index (κ1) is 10.2. The van der Waals surface area contributed by atoms with Crippen molar-refractivity contribution in [2.24, 2.45) is 11.8 Å². The van der Waals surface area contributed by atoms with E-state index < -0.39 is 0 Å². The van der Waals surface area contributed by atoms with Gasteiger partial charge in [0.05, 0.1) is 0 Å². The molecule has 1 heteroatoms. The van der Waals surface area contributed by atoms with E-state index >= 15 is 0 Å². The van der Waals surface area contributed by atoms with Crippen molar-refractivity contribution in [3.8, 4) is 0 Å². The third kappa shape index (κ3) is 2.84. The van der Waals surface area contributed by atoms with Crippen molar-refractivity contribution >= 4 is 0 Å². The summed E-state index contributed by atoms with van der Waals surface area (Å²) in [7, 11) is 2.05. The van der Waals surface area contributed by atoms with Crippen LogP contribution in [0.3, 0.4) is 0 Å². The van der Waals surface area contributed by atoms with Gasteiger partial charge in [0, 0.05) is 6.04 Å². The fourth-order valence-electron chi connectivity index (χ4n) is 2.14. The van der Waals surface area contributed by atoms with Crippen molar-refractivity contribution in [2.45, 2.75) is 51.5 Å². The second kappa shape index (κ2) is 4.48. The van der Waals surface area contributed by atoms with Gasteiger partial charge in [-0.3, -0.25) is 0 Å². The van der Waals surface area contributed by atoms with Gasteiger partial charge in [-0.2, -0.15) is 0 Å². The van der Waals surface area contributed by atoms with Gasteiger partial charge in [0.25, 0.3) is 0 Å². The maximum Gasteiger partial charge on any atom is 0.00386 e. The van der Waals surface area contributed by atoms with E-state index in [1.807, 2.05) is 5.57 Å². The summed E-state index contributed by atoms with van der Waals surface area (Å²) in [6.45, 7) is 2.27. The molecule has 0 aliphatic heterocycles. The van der Waals surface area contributed by atoms with E-state index in [9.17, 15) is 0 Å². The molecule has 80 valence electrons. The summed E-state index contributed by atoms with van der Waals surface area (Å²) in [5, 5.41) is 3.30. The Labute approximate surface area is 88.0 Å². The third-order valence-electron chi connectivity index (χ3n) is 3.57. The lowest BCUT2D eigenvalue weighted by atomic mass is 10.0. The van der Waals surface area contributed by atoms with E-state index in [2.05, 4.69) is 25.4 Å². The number of hydrogen-bond acceptors (Lipinski definition) is 1. The first-order chi connectivity index (χ1) is 6.81. The molecule has 0 aromatic carbocycles. The zero-order valence-electron chi connectivity index (χ0n) is 9.55. The van der Waals surface area contributed by atoms with E-state index in [-0.39, 0.29) is 0 Å². The molecular formula is C13H23N. The molecule has 0 aromatic heterocycles. The Morgan fingerprint density at radius 3 is 2.29 bits per heavy atom. The topological polar surface area (TPSA) is 12.0 Å². The van der Waals surface area contributed by atoms with Gasteiger partial charge in [0.1, 0.15) is 0 Å². The van der Waals surface area contributed by atoms with Gasteiger partial charge in [-0.15, -0.1) is 0 Å². The molecule has 0 spiro atoms. The predicted octanol–water partition coefficient (Wildman–Crippen LogP) is 3.12. The molecule has 2 aliphatic rings. The van der Waals surface area contributed by atoms with Crippen LogP contribution in [-0.2, 0) is 0 Å². The molecule has 1 atom stereocenters. The second-order valence-corrected chi connectivity index (χ2v) is 5.02. The molecule has 0 radical (unpaired) electrons. The Morgan fingerprint density at radius 1 is 1.29 bits per heavy atom. The van der Waals surface area contributed by atoms with Crippen LogP contribution in [-0.4, -0.2) is 13.1 Å². The van der Waals surface area contributed by atoms with Crippen molar-refractivity contribution in [1.82, 2.24) is 5.32 Å². The molecule has 2 fully saturated rings. The van der Waals surface area contributed by atoms with Gasteiger partial charge >= 0.3 is 0 Å². The van der Waals surface area contributed by atoms with Crippen molar-refractivity contribution < 1.29 is 0 Å². The summed E-state index contributed by atoms with van der Waals surface area (Å²) in [6, 6.07) is 0.672. The molecule has 0 heterocycles. The highest BCUT2D eigenvalue weighted by Gasteiger charge is 2.35. The van der Waals surface area contributed by atoms with Crippen LogP contribution in [0.5, 0.6) is 0 Å². The fourth-order valence-corrected chi connectivity index (χ4v) is 2.14. The summed E-state index contributed by atoms with van der Waals surface area (Å²) < 4.78 is 0. The van der Waals surface area contributed by atoms with Crippen LogP contribution < -0.4 is 5.32 Å². The van der Waals surface area contributed by atoms with Crippen LogP contribution in [0.2, 0.25) is 0 Å². The van der Waals surface area contributed by atoms with Gasteiger partial charge in [-0.25, -0.2) is 0 Å². The Bertz CT molecular complexity index is 197. The van der Waals surface area contributed by atoms with Crippen molar-refractivity contribution in [2.75, 3.05) is 7.05 Å². The summed E-state index contributed by atoms with van der Waals surface area (Å²) in [5.74, 6) is 2.01. The minimum Gasteiger partial charge on any atom is -0.317 e. The van der Waals surface area contributed by atoms with Crippen molar-refractivity contribution in [3.63, 3.8) is 0 Å². The average Bonchev–Trinajstić information content (AvgIpc) is 3.03. The molecule has 0 saturated heterocycles. The highest BCUT2D eigenvalue weighted by atomic mass is 14.8. The van der Waals surface area contributed by atoms with Crippen LogP contribution in [0.1, 0.15) is 45.4 Å². The minimum absolute atomic E-state index is 0.672. The van der Waals surface area contributed by atoms with Crippen molar-refractivity contribution in [3.05, 3.63) is 11.6 Å². The average molecular weight is 193 g/mol. The van der Waals surface area contributed by atoms with Gasteiger partial charge in [-0.1, -0.05) is 11.6 Å². The first-order valence-electron chi connectivity index (χ1n) is 6.18. The number of allylic oxidation sites excluding steroid dienone is 2. The molecule has 2 rings (SSSR count). The quantitative estimate of drug-likeness (QED) is 0.639. The lowest BCUT2D eigenvalue weighted by Gasteiger charge is -2.09. The maximum absolute atomic E-state index is 3.30. The Kier molecular flexibility index (Phi) is 3.27. The first-order valence-corrected chi connectivity index (χ1v) is 6.18. The smallest absolute Gasteiger partial charge is 0.00386 e. The monoisotopic (exact) mass is 193 g/mol. The SMILES string of the molecule is CN[C@H](C)CCC=C(C1CC1)C1CC1. The van der Waals surface area contributed by atoms with E-state index in [1.165, 1.54) is 38.5 Å². The zero-order valence-corrected chi connectivity index (χ0v) is 9.55. The van der Waals surface area contributed by atoms with Crippen LogP contribution in [0.4, 0.5) is 0 Å². The molecule has 0 bridgehead atoms. The Hall–Kier alpha value is -0.300. The lowest BCUT2D eigenvalue weighted by molar-refractivity contribution is 0.568. The molecule has 0 amide bonds. The summed E-state index contributed by atoms with van der Waals surface area (Å²) in [4.78, 5) is 0. The maximum atomic E-state index is 3.30. The minimum atomic E-state index is 0.672. The molecule has 0 unspecified atom stereocenters. The molecule has 2 aliphatic carbocycles. The number of nitrogens with one attached hydrogen (secondary N) is 1. The molecule has 2 saturated carbocycles. The summed E-state index contributed by atoms with van der Waals surface area (Å²) in [5.41, 5.74) is 1.83. The van der Waals surface area contributed by atoms with Crippen LogP contribution in [0, 0.1) is 11.8 Å². The van der Waals surface area contributed by atoms with Crippen molar-refractivity contribution in [1.29, 1.82) is 0 Å².